The summed E-state index contributed by atoms with van der Waals surface area (Å²) in [5.41, 5.74) is 1.41. The molecule has 0 saturated heterocycles. The summed E-state index contributed by atoms with van der Waals surface area (Å²) in [5.74, 6) is -0.189. The zero-order valence-corrected chi connectivity index (χ0v) is 14.4. The number of benzene rings is 2. The first-order valence-corrected chi connectivity index (χ1v) is 8.39. The highest BCUT2D eigenvalue weighted by molar-refractivity contribution is 5.97. The van der Waals surface area contributed by atoms with Gasteiger partial charge in [0.2, 0.25) is 0 Å². The van der Waals surface area contributed by atoms with E-state index in [1.54, 1.807) is 49.4 Å². The number of nitrogens with zero attached hydrogens (tertiary/aromatic N) is 1. The molecule has 136 valence electrons. The van der Waals surface area contributed by atoms with E-state index in [-0.39, 0.29) is 23.8 Å². The van der Waals surface area contributed by atoms with E-state index in [0.717, 1.165) is 5.56 Å². The first kappa shape index (κ1) is 16.8. The Balaban J connectivity index is 1.51. The number of rotatable bonds is 3. The van der Waals surface area contributed by atoms with Crippen molar-refractivity contribution in [2.24, 2.45) is 0 Å². The van der Waals surface area contributed by atoms with E-state index in [0.29, 0.717) is 22.3 Å². The molecule has 27 heavy (non-hydrogen) atoms. The van der Waals surface area contributed by atoms with Crippen molar-refractivity contribution in [2.45, 2.75) is 19.6 Å². The first-order valence-electron chi connectivity index (χ1n) is 8.39. The number of amides is 2. The fourth-order valence-corrected chi connectivity index (χ4v) is 2.83. The molecule has 2 heterocycles. The smallest absolute Gasteiger partial charge is 0.287 e. The van der Waals surface area contributed by atoms with Crippen LogP contribution in [0.5, 0.6) is 5.75 Å². The van der Waals surface area contributed by atoms with Gasteiger partial charge in [-0.1, -0.05) is 18.2 Å². The third kappa shape index (κ3) is 3.24. The summed E-state index contributed by atoms with van der Waals surface area (Å²) in [4.78, 5) is 42.8. The monoisotopic (exact) mass is 364 g/mol. The van der Waals surface area contributed by atoms with Crippen LogP contribution in [0.1, 0.15) is 23.1 Å². The number of hydrogen-bond donors (Lipinski definition) is 3. The molecule has 3 N–H and O–H groups in total. The molecule has 2 amide bonds. The quantitative estimate of drug-likeness (QED) is 0.653. The Morgan fingerprint density at radius 1 is 1.22 bits per heavy atom. The standard InChI is InChI=1S/C19H16N4O4/c1-10-17(24)22-14-8-11(6-7-15(14)27-10)9-20-19(26)16-21-13-5-3-2-4-12(13)18(25)23-16/h2-8,10H,9H2,1H3,(H,20,26)(H,22,24)(H,21,23,25). The van der Waals surface area contributed by atoms with Gasteiger partial charge in [0, 0.05) is 6.54 Å². The second-order valence-electron chi connectivity index (χ2n) is 6.19. The predicted octanol–water partition coefficient (Wildman–Crippen LogP) is 1.57. The van der Waals surface area contributed by atoms with Gasteiger partial charge in [-0.05, 0) is 36.8 Å². The van der Waals surface area contributed by atoms with Crippen molar-refractivity contribution >= 4 is 28.4 Å². The third-order valence-corrected chi connectivity index (χ3v) is 4.26. The molecule has 8 heteroatoms. The number of anilines is 1. The van der Waals surface area contributed by atoms with Crippen molar-refractivity contribution in [1.82, 2.24) is 15.3 Å². The SMILES string of the molecule is CC1Oc2ccc(CNC(=O)c3nc4ccccc4c(=O)[nH]3)cc2NC1=O. The number of carbonyl (C=O) groups excluding carboxylic acids is 2. The van der Waals surface area contributed by atoms with E-state index in [1.165, 1.54) is 0 Å². The Morgan fingerprint density at radius 3 is 2.89 bits per heavy atom. The van der Waals surface area contributed by atoms with Gasteiger partial charge in [0.25, 0.3) is 17.4 Å². The maximum atomic E-state index is 12.4. The molecule has 0 spiro atoms. The van der Waals surface area contributed by atoms with Crippen molar-refractivity contribution in [3.05, 3.63) is 64.2 Å². The van der Waals surface area contributed by atoms with Crippen LogP contribution in [-0.4, -0.2) is 27.9 Å². The van der Waals surface area contributed by atoms with Crippen molar-refractivity contribution in [3.63, 3.8) is 0 Å². The summed E-state index contributed by atoms with van der Waals surface area (Å²) in [6.07, 6.45) is -0.543. The Bertz CT molecular complexity index is 1120. The molecular formula is C19H16N4O4. The number of aromatic amines is 1. The molecular weight excluding hydrogens is 348 g/mol. The highest BCUT2D eigenvalue weighted by Gasteiger charge is 2.23. The number of fused-ring (bicyclic) bond motifs is 2. The second kappa shape index (κ2) is 6.56. The number of carbonyl (C=O) groups is 2. The molecule has 1 aliphatic heterocycles. The van der Waals surface area contributed by atoms with Crippen LogP contribution in [0.15, 0.2) is 47.3 Å². The molecule has 0 bridgehead atoms. The summed E-state index contributed by atoms with van der Waals surface area (Å²) in [6.45, 7) is 1.87. The average molecular weight is 364 g/mol. The minimum atomic E-state index is -0.543. The summed E-state index contributed by atoms with van der Waals surface area (Å²) < 4.78 is 5.50. The number of para-hydroxylation sites is 1. The summed E-state index contributed by atoms with van der Waals surface area (Å²) in [6, 6.07) is 12.1. The van der Waals surface area contributed by atoms with Gasteiger partial charge >= 0.3 is 0 Å². The molecule has 8 nitrogen and oxygen atoms in total. The van der Waals surface area contributed by atoms with E-state index in [2.05, 4.69) is 20.6 Å². The highest BCUT2D eigenvalue weighted by Crippen LogP contribution is 2.30. The fraction of sp³-hybridized carbons (Fsp3) is 0.158. The average Bonchev–Trinajstić information content (AvgIpc) is 2.67. The lowest BCUT2D eigenvalue weighted by Gasteiger charge is -2.23. The van der Waals surface area contributed by atoms with Crippen LogP contribution in [0, 0.1) is 0 Å². The molecule has 0 radical (unpaired) electrons. The van der Waals surface area contributed by atoms with Crippen molar-refractivity contribution in [2.75, 3.05) is 5.32 Å². The highest BCUT2D eigenvalue weighted by atomic mass is 16.5. The Hall–Kier alpha value is -3.68. The Morgan fingerprint density at radius 2 is 2.04 bits per heavy atom. The largest absolute Gasteiger partial charge is 0.479 e. The molecule has 1 aromatic heterocycles. The van der Waals surface area contributed by atoms with Crippen LogP contribution >= 0.6 is 0 Å². The summed E-state index contributed by atoms with van der Waals surface area (Å²) in [7, 11) is 0. The van der Waals surface area contributed by atoms with Crippen LogP contribution in [0.3, 0.4) is 0 Å². The van der Waals surface area contributed by atoms with Crippen molar-refractivity contribution in [3.8, 4) is 5.75 Å². The van der Waals surface area contributed by atoms with Crippen LogP contribution in [-0.2, 0) is 11.3 Å². The van der Waals surface area contributed by atoms with Gasteiger partial charge in [0.1, 0.15) is 5.75 Å². The third-order valence-electron chi connectivity index (χ3n) is 4.26. The maximum absolute atomic E-state index is 12.4. The number of nitrogens with one attached hydrogen (secondary N) is 3. The molecule has 1 aliphatic rings. The first-order chi connectivity index (χ1) is 13.0. The van der Waals surface area contributed by atoms with Crippen molar-refractivity contribution in [1.29, 1.82) is 0 Å². The minimum absolute atomic E-state index is 0.0536. The van der Waals surface area contributed by atoms with Crippen LogP contribution in [0.4, 0.5) is 5.69 Å². The minimum Gasteiger partial charge on any atom is -0.479 e. The van der Waals surface area contributed by atoms with Crippen molar-refractivity contribution < 1.29 is 14.3 Å². The number of hydrogen-bond acceptors (Lipinski definition) is 5. The van der Waals surface area contributed by atoms with Crippen LogP contribution in [0.2, 0.25) is 0 Å². The number of ether oxygens (including phenoxy) is 1. The normalized spacial score (nSPS) is 15.6. The molecule has 4 rings (SSSR count). The Kier molecular flexibility index (Phi) is 4.08. The van der Waals surface area contributed by atoms with Gasteiger partial charge in [-0.15, -0.1) is 0 Å². The molecule has 0 fully saturated rings. The summed E-state index contributed by atoms with van der Waals surface area (Å²) in [5, 5.41) is 5.89. The van der Waals surface area contributed by atoms with Gasteiger partial charge in [-0.3, -0.25) is 14.4 Å². The van der Waals surface area contributed by atoms with Gasteiger partial charge in [-0.25, -0.2) is 4.98 Å². The summed E-state index contributed by atoms with van der Waals surface area (Å²) >= 11 is 0. The molecule has 1 unspecified atom stereocenters. The second-order valence-corrected chi connectivity index (χ2v) is 6.19. The van der Waals surface area contributed by atoms with E-state index >= 15 is 0 Å². The molecule has 1 atom stereocenters. The lowest BCUT2D eigenvalue weighted by molar-refractivity contribution is -0.122. The van der Waals surface area contributed by atoms with E-state index in [1.807, 2.05) is 0 Å². The molecule has 3 aromatic rings. The number of aromatic nitrogens is 2. The zero-order valence-electron chi connectivity index (χ0n) is 14.4. The van der Waals surface area contributed by atoms with Gasteiger partial charge in [0.15, 0.2) is 11.9 Å². The van der Waals surface area contributed by atoms with E-state index in [9.17, 15) is 14.4 Å². The molecule has 0 saturated carbocycles. The molecule has 0 aliphatic carbocycles. The lowest BCUT2D eigenvalue weighted by atomic mass is 10.1. The van der Waals surface area contributed by atoms with Gasteiger partial charge < -0.3 is 20.4 Å². The van der Waals surface area contributed by atoms with Crippen LogP contribution in [0.25, 0.3) is 10.9 Å². The lowest BCUT2D eigenvalue weighted by Crippen LogP contribution is -2.34. The Labute approximate surface area is 153 Å². The zero-order chi connectivity index (χ0) is 19.0. The van der Waals surface area contributed by atoms with Gasteiger partial charge in [0.05, 0.1) is 16.6 Å². The van der Waals surface area contributed by atoms with E-state index in [4.69, 9.17) is 4.74 Å². The van der Waals surface area contributed by atoms with Gasteiger partial charge in [-0.2, -0.15) is 0 Å². The topological polar surface area (TPSA) is 113 Å². The van der Waals surface area contributed by atoms with E-state index < -0.39 is 12.0 Å². The number of H-pyrrole nitrogens is 1. The maximum Gasteiger partial charge on any atom is 0.287 e. The predicted molar refractivity (Wildman–Crippen MR) is 98.7 cm³/mol. The molecule has 2 aromatic carbocycles. The van der Waals surface area contributed by atoms with Crippen LogP contribution < -0.4 is 20.9 Å². The fourth-order valence-electron chi connectivity index (χ4n) is 2.83.